The molecule has 1 fully saturated rings. The molecule has 21 heavy (non-hydrogen) atoms. The van der Waals surface area contributed by atoms with Crippen molar-refractivity contribution in [3.63, 3.8) is 0 Å². The fourth-order valence-electron chi connectivity index (χ4n) is 2.77. The third kappa shape index (κ3) is 4.13. The van der Waals surface area contributed by atoms with Gasteiger partial charge in [0.15, 0.2) is 0 Å². The normalized spacial score (nSPS) is 17.8. The maximum atomic E-state index is 6.62. The van der Waals surface area contributed by atoms with Crippen LogP contribution in [0.2, 0.25) is 18.1 Å². The molecule has 0 heterocycles. The number of halogens is 1. The molecule has 0 saturated heterocycles. The molecule has 0 bridgehead atoms. The van der Waals surface area contributed by atoms with E-state index in [1.165, 1.54) is 42.1 Å². The second kappa shape index (κ2) is 6.45. The van der Waals surface area contributed by atoms with E-state index in [2.05, 4.69) is 68.0 Å². The van der Waals surface area contributed by atoms with Crippen LogP contribution in [-0.2, 0) is 0 Å². The molecule has 1 nitrogen and oxygen atoms in total. The highest BCUT2D eigenvalue weighted by Crippen LogP contribution is 2.43. The van der Waals surface area contributed by atoms with Crippen molar-refractivity contribution in [3.05, 3.63) is 28.2 Å². The van der Waals surface area contributed by atoms with Crippen molar-refractivity contribution in [2.24, 2.45) is 0 Å². The molecule has 1 aromatic carbocycles. The first kappa shape index (κ1) is 17.1. The van der Waals surface area contributed by atoms with E-state index in [9.17, 15) is 0 Å². The first-order valence-corrected chi connectivity index (χ1v) is 11.9. The van der Waals surface area contributed by atoms with E-state index in [1.807, 2.05) is 0 Å². The average Bonchev–Trinajstić information content (AvgIpc) is 2.40. The maximum absolute atomic E-state index is 6.62. The average molecular weight is 369 g/mol. The Bertz CT molecular complexity index is 484. The van der Waals surface area contributed by atoms with Crippen molar-refractivity contribution in [2.75, 3.05) is 0 Å². The lowest BCUT2D eigenvalue weighted by Crippen LogP contribution is -2.44. The molecule has 0 spiro atoms. The Labute approximate surface area is 139 Å². The summed E-state index contributed by atoms with van der Waals surface area (Å²) in [6, 6.07) is 6.59. The van der Waals surface area contributed by atoms with Gasteiger partial charge in [-0.3, -0.25) is 0 Å². The van der Waals surface area contributed by atoms with Crippen molar-refractivity contribution in [2.45, 2.75) is 76.9 Å². The number of hydrogen-bond acceptors (Lipinski definition) is 1. The zero-order valence-electron chi connectivity index (χ0n) is 14.1. The van der Waals surface area contributed by atoms with E-state index in [0.29, 0.717) is 5.92 Å². The van der Waals surface area contributed by atoms with Crippen LogP contribution in [0, 0.1) is 0 Å². The molecule has 3 heteroatoms. The molecule has 0 N–H and O–H groups in total. The highest BCUT2D eigenvalue weighted by molar-refractivity contribution is 9.10. The molecular formula is C18H29BrOSi. The van der Waals surface area contributed by atoms with Gasteiger partial charge in [-0.05, 0) is 60.7 Å². The van der Waals surface area contributed by atoms with E-state index in [1.54, 1.807) is 0 Å². The molecule has 1 aromatic rings. The van der Waals surface area contributed by atoms with Crippen LogP contribution in [0.1, 0.15) is 64.4 Å². The van der Waals surface area contributed by atoms with Gasteiger partial charge < -0.3 is 4.43 Å². The molecule has 0 amide bonds. The van der Waals surface area contributed by atoms with Gasteiger partial charge in [0.05, 0.1) is 0 Å². The van der Waals surface area contributed by atoms with Crippen LogP contribution in [0.25, 0.3) is 0 Å². The molecule has 0 atom stereocenters. The summed E-state index contributed by atoms with van der Waals surface area (Å²) in [7, 11) is -1.77. The number of hydrogen-bond donors (Lipinski definition) is 0. The van der Waals surface area contributed by atoms with Crippen molar-refractivity contribution in [3.8, 4) is 5.75 Å². The van der Waals surface area contributed by atoms with Crippen LogP contribution in [0.3, 0.4) is 0 Å². The third-order valence-electron chi connectivity index (χ3n) is 5.19. The van der Waals surface area contributed by atoms with E-state index in [0.717, 1.165) is 5.75 Å². The van der Waals surface area contributed by atoms with Crippen LogP contribution in [0.4, 0.5) is 0 Å². The fraction of sp³-hybridized carbons (Fsp3) is 0.667. The van der Waals surface area contributed by atoms with Crippen molar-refractivity contribution < 1.29 is 4.43 Å². The zero-order chi connectivity index (χ0) is 15.7. The largest absolute Gasteiger partial charge is 0.543 e. The van der Waals surface area contributed by atoms with Gasteiger partial charge in [-0.1, -0.05) is 56.0 Å². The monoisotopic (exact) mass is 368 g/mol. The zero-order valence-corrected chi connectivity index (χ0v) is 16.7. The molecule has 0 aromatic heterocycles. The highest BCUT2D eigenvalue weighted by Gasteiger charge is 2.39. The standard InChI is InChI=1S/C18H29BrOSi/c1-18(2,3)21(4,5)20-17-12-11-15(19)13-16(17)14-9-7-6-8-10-14/h11-14H,6-10H2,1-5H3. The van der Waals surface area contributed by atoms with Gasteiger partial charge in [0.25, 0.3) is 0 Å². The summed E-state index contributed by atoms with van der Waals surface area (Å²) in [5.41, 5.74) is 1.42. The fourth-order valence-corrected chi connectivity index (χ4v) is 4.19. The summed E-state index contributed by atoms with van der Waals surface area (Å²) in [6.07, 6.45) is 6.73. The molecule has 0 unspecified atom stereocenters. The Morgan fingerprint density at radius 3 is 2.29 bits per heavy atom. The van der Waals surface area contributed by atoms with Gasteiger partial charge in [0.1, 0.15) is 5.75 Å². The summed E-state index contributed by atoms with van der Waals surface area (Å²) < 4.78 is 7.80. The lowest BCUT2D eigenvalue weighted by atomic mass is 9.84. The Balaban J connectivity index is 2.31. The summed E-state index contributed by atoms with van der Waals surface area (Å²) in [5, 5.41) is 0.240. The first-order valence-electron chi connectivity index (χ1n) is 8.19. The molecular weight excluding hydrogens is 340 g/mol. The predicted molar refractivity (Wildman–Crippen MR) is 97.8 cm³/mol. The minimum atomic E-state index is -1.77. The van der Waals surface area contributed by atoms with E-state index in [4.69, 9.17) is 4.43 Å². The molecule has 2 rings (SSSR count). The minimum Gasteiger partial charge on any atom is -0.543 e. The van der Waals surface area contributed by atoms with Crippen LogP contribution in [0.5, 0.6) is 5.75 Å². The molecule has 0 aliphatic heterocycles. The van der Waals surface area contributed by atoms with Gasteiger partial charge in [-0.15, -0.1) is 0 Å². The quantitative estimate of drug-likeness (QED) is 0.528. The maximum Gasteiger partial charge on any atom is 0.250 e. The Hall–Kier alpha value is -0.283. The van der Waals surface area contributed by atoms with E-state index < -0.39 is 8.32 Å². The summed E-state index contributed by atoms with van der Waals surface area (Å²) in [4.78, 5) is 0. The molecule has 1 aliphatic carbocycles. The van der Waals surface area contributed by atoms with Gasteiger partial charge in [-0.2, -0.15) is 0 Å². The highest BCUT2D eigenvalue weighted by atomic mass is 79.9. The molecule has 1 saturated carbocycles. The molecule has 0 radical (unpaired) electrons. The Morgan fingerprint density at radius 1 is 1.10 bits per heavy atom. The second-order valence-corrected chi connectivity index (χ2v) is 13.5. The minimum absolute atomic E-state index is 0.240. The van der Waals surface area contributed by atoms with Crippen molar-refractivity contribution >= 4 is 24.2 Å². The van der Waals surface area contributed by atoms with Gasteiger partial charge in [0, 0.05) is 4.47 Å². The predicted octanol–water partition coefficient (Wildman–Crippen LogP) is 6.88. The summed E-state index contributed by atoms with van der Waals surface area (Å²) >= 11 is 3.64. The number of rotatable bonds is 3. The third-order valence-corrected chi connectivity index (χ3v) is 10.0. The van der Waals surface area contributed by atoms with Crippen LogP contribution >= 0.6 is 15.9 Å². The van der Waals surface area contributed by atoms with E-state index >= 15 is 0 Å². The lowest BCUT2D eigenvalue weighted by molar-refractivity contribution is 0.425. The lowest BCUT2D eigenvalue weighted by Gasteiger charge is -2.38. The van der Waals surface area contributed by atoms with Gasteiger partial charge in [-0.25, -0.2) is 0 Å². The van der Waals surface area contributed by atoms with Crippen LogP contribution < -0.4 is 4.43 Å². The van der Waals surface area contributed by atoms with Crippen molar-refractivity contribution in [1.82, 2.24) is 0 Å². The smallest absolute Gasteiger partial charge is 0.250 e. The summed E-state index contributed by atoms with van der Waals surface area (Å²) in [5.74, 6) is 1.81. The SMILES string of the molecule is CC(C)(C)[Si](C)(C)Oc1ccc(Br)cc1C1CCCCC1. The van der Waals surface area contributed by atoms with E-state index in [-0.39, 0.29) is 5.04 Å². The molecule has 118 valence electrons. The Kier molecular flexibility index (Phi) is 5.25. The van der Waals surface area contributed by atoms with Crippen LogP contribution in [0.15, 0.2) is 22.7 Å². The summed E-state index contributed by atoms with van der Waals surface area (Å²) in [6.45, 7) is 11.6. The first-order chi connectivity index (χ1) is 9.71. The van der Waals surface area contributed by atoms with Gasteiger partial charge >= 0.3 is 0 Å². The topological polar surface area (TPSA) is 9.23 Å². The van der Waals surface area contributed by atoms with Gasteiger partial charge in [0.2, 0.25) is 8.32 Å². The molecule has 1 aliphatic rings. The van der Waals surface area contributed by atoms with Crippen LogP contribution in [-0.4, -0.2) is 8.32 Å². The Morgan fingerprint density at radius 2 is 1.71 bits per heavy atom. The number of benzene rings is 1. The van der Waals surface area contributed by atoms with Crippen molar-refractivity contribution in [1.29, 1.82) is 0 Å². The second-order valence-electron chi connectivity index (χ2n) is 7.88.